The highest BCUT2D eigenvalue weighted by molar-refractivity contribution is 6.37. The second-order valence-corrected chi connectivity index (χ2v) is 5.40. The fourth-order valence-corrected chi connectivity index (χ4v) is 2.20. The molecule has 2 unspecified atom stereocenters. The molecule has 102 valence electrons. The quantitative estimate of drug-likeness (QED) is 0.549. The Morgan fingerprint density at radius 3 is 2.44 bits per heavy atom. The SMILES string of the molecule is CCC(C)CC(C)Nc1nc(NN)c(Cl)cc1Cl. The number of hydrazine groups is 1. The normalized spacial score (nSPS) is 14.1. The average Bonchev–Trinajstić information content (AvgIpc) is 2.32. The molecule has 0 saturated carbocycles. The second-order valence-electron chi connectivity index (χ2n) is 4.59. The van der Waals surface area contributed by atoms with E-state index in [1.54, 1.807) is 6.07 Å². The van der Waals surface area contributed by atoms with Crippen molar-refractivity contribution in [3.05, 3.63) is 16.1 Å². The Morgan fingerprint density at radius 2 is 1.89 bits per heavy atom. The molecule has 0 spiro atoms. The largest absolute Gasteiger partial charge is 0.366 e. The molecule has 6 heteroatoms. The predicted octanol–water partition coefficient (Wildman–Crippen LogP) is 3.91. The van der Waals surface area contributed by atoms with E-state index in [2.05, 4.69) is 36.5 Å². The smallest absolute Gasteiger partial charge is 0.161 e. The Bertz CT molecular complexity index is 398. The third-order valence-corrected chi connectivity index (χ3v) is 3.48. The van der Waals surface area contributed by atoms with Gasteiger partial charge in [0, 0.05) is 6.04 Å². The van der Waals surface area contributed by atoms with Gasteiger partial charge in [-0.2, -0.15) is 0 Å². The molecule has 0 radical (unpaired) electrons. The fourth-order valence-electron chi connectivity index (χ4n) is 1.73. The van der Waals surface area contributed by atoms with E-state index in [1.165, 1.54) is 0 Å². The van der Waals surface area contributed by atoms with E-state index < -0.39 is 0 Å². The molecule has 0 saturated heterocycles. The van der Waals surface area contributed by atoms with Crippen molar-refractivity contribution in [2.45, 2.75) is 39.7 Å². The van der Waals surface area contributed by atoms with Gasteiger partial charge in [-0.15, -0.1) is 0 Å². The van der Waals surface area contributed by atoms with Crippen LogP contribution in [0.3, 0.4) is 0 Å². The zero-order valence-electron chi connectivity index (χ0n) is 10.9. The summed E-state index contributed by atoms with van der Waals surface area (Å²) < 4.78 is 0. The van der Waals surface area contributed by atoms with Crippen molar-refractivity contribution in [3.8, 4) is 0 Å². The van der Waals surface area contributed by atoms with Crippen molar-refractivity contribution in [1.29, 1.82) is 0 Å². The first kappa shape index (κ1) is 15.3. The van der Waals surface area contributed by atoms with Crippen molar-refractivity contribution < 1.29 is 0 Å². The molecule has 1 aromatic rings. The fraction of sp³-hybridized carbons (Fsp3) is 0.583. The molecule has 0 aliphatic carbocycles. The number of nitrogens with two attached hydrogens (primary N) is 1. The molecular formula is C12H20Cl2N4. The number of pyridine rings is 1. The van der Waals surface area contributed by atoms with Crippen molar-refractivity contribution >= 4 is 34.8 Å². The number of nitrogen functional groups attached to an aromatic ring is 1. The lowest BCUT2D eigenvalue weighted by atomic mass is 10.0. The highest BCUT2D eigenvalue weighted by Crippen LogP contribution is 2.29. The van der Waals surface area contributed by atoms with E-state index in [4.69, 9.17) is 29.0 Å². The topological polar surface area (TPSA) is 63.0 Å². The number of anilines is 2. The van der Waals surface area contributed by atoms with Crippen LogP contribution in [0.15, 0.2) is 6.07 Å². The molecule has 0 aliphatic rings. The number of aromatic nitrogens is 1. The molecule has 1 aromatic heterocycles. The lowest BCUT2D eigenvalue weighted by Crippen LogP contribution is -2.20. The molecule has 0 aliphatic heterocycles. The average molecular weight is 291 g/mol. The second kappa shape index (κ2) is 7.02. The van der Waals surface area contributed by atoms with E-state index in [1.807, 2.05) is 0 Å². The molecule has 4 N–H and O–H groups in total. The summed E-state index contributed by atoms with van der Waals surface area (Å²) in [5.74, 6) is 7.01. The van der Waals surface area contributed by atoms with Gasteiger partial charge in [-0.05, 0) is 25.3 Å². The maximum Gasteiger partial charge on any atom is 0.161 e. The van der Waals surface area contributed by atoms with Crippen LogP contribution in [-0.2, 0) is 0 Å². The van der Waals surface area contributed by atoms with Crippen molar-refractivity contribution in [2.24, 2.45) is 11.8 Å². The summed E-state index contributed by atoms with van der Waals surface area (Å²) in [6.45, 7) is 6.51. The Morgan fingerprint density at radius 1 is 1.28 bits per heavy atom. The van der Waals surface area contributed by atoms with E-state index >= 15 is 0 Å². The zero-order chi connectivity index (χ0) is 13.7. The van der Waals surface area contributed by atoms with Gasteiger partial charge in [-0.1, -0.05) is 43.5 Å². The summed E-state index contributed by atoms with van der Waals surface area (Å²) in [5, 5.41) is 4.18. The van der Waals surface area contributed by atoms with E-state index in [-0.39, 0.29) is 6.04 Å². The molecule has 18 heavy (non-hydrogen) atoms. The minimum absolute atomic E-state index is 0.289. The summed E-state index contributed by atoms with van der Waals surface area (Å²) in [4.78, 5) is 4.25. The summed E-state index contributed by atoms with van der Waals surface area (Å²) in [5.41, 5.74) is 2.45. The Hall–Kier alpha value is -0.710. The van der Waals surface area contributed by atoms with E-state index in [0.29, 0.717) is 27.6 Å². The number of halogens is 2. The Kier molecular flexibility index (Phi) is 5.99. The number of nitrogens with zero attached hydrogens (tertiary/aromatic N) is 1. The maximum absolute atomic E-state index is 6.09. The van der Waals surface area contributed by atoms with Gasteiger partial charge >= 0.3 is 0 Å². The van der Waals surface area contributed by atoms with Crippen LogP contribution in [0.5, 0.6) is 0 Å². The first-order valence-corrected chi connectivity index (χ1v) is 6.82. The Balaban J connectivity index is 2.77. The summed E-state index contributed by atoms with van der Waals surface area (Å²) in [7, 11) is 0. The van der Waals surface area contributed by atoms with Gasteiger partial charge in [-0.25, -0.2) is 10.8 Å². The van der Waals surface area contributed by atoms with Gasteiger partial charge < -0.3 is 10.7 Å². The van der Waals surface area contributed by atoms with E-state index in [0.717, 1.165) is 12.8 Å². The molecular weight excluding hydrogens is 271 g/mol. The third-order valence-electron chi connectivity index (χ3n) is 2.90. The first-order valence-electron chi connectivity index (χ1n) is 6.07. The van der Waals surface area contributed by atoms with Crippen LogP contribution in [0.4, 0.5) is 11.6 Å². The van der Waals surface area contributed by atoms with Gasteiger partial charge in [0.2, 0.25) is 0 Å². The van der Waals surface area contributed by atoms with Crippen LogP contribution in [0, 0.1) is 5.92 Å². The molecule has 0 bridgehead atoms. The summed E-state index contributed by atoms with van der Waals surface area (Å²) in [6, 6.07) is 1.92. The molecule has 0 fully saturated rings. The molecule has 0 amide bonds. The van der Waals surface area contributed by atoms with Gasteiger partial charge in [-0.3, -0.25) is 0 Å². The summed E-state index contributed by atoms with van der Waals surface area (Å²) >= 11 is 12.0. The molecule has 1 heterocycles. The monoisotopic (exact) mass is 290 g/mol. The van der Waals surface area contributed by atoms with Gasteiger partial charge in [0.15, 0.2) is 5.82 Å². The van der Waals surface area contributed by atoms with Crippen LogP contribution in [0.25, 0.3) is 0 Å². The van der Waals surface area contributed by atoms with Crippen molar-refractivity contribution in [2.75, 3.05) is 10.7 Å². The number of nitrogens with one attached hydrogen (secondary N) is 2. The van der Waals surface area contributed by atoms with Crippen LogP contribution in [-0.4, -0.2) is 11.0 Å². The minimum Gasteiger partial charge on any atom is -0.366 e. The van der Waals surface area contributed by atoms with Crippen LogP contribution in [0.1, 0.15) is 33.6 Å². The van der Waals surface area contributed by atoms with E-state index in [9.17, 15) is 0 Å². The highest BCUT2D eigenvalue weighted by atomic mass is 35.5. The number of hydrogen-bond acceptors (Lipinski definition) is 4. The van der Waals surface area contributed by atoms with Crippen LogP contribution >= 0.6 is 23.2 Å². The molecule has 2 atom stereocenters. The molecule has 4 nitrogen and oxygen atoms in total. The van der Waals surface area contributed by atoms with Gasteiger partial charge in [0.25, 0.3) is 0 Å². The minimum atomic E-state index is 0.289. The van der Waals surface area contributed by atoms with Crippen molar-refractivity contribution in [3.63, 3.8) is 0 Å². The number of rotatable bonds is 6. The summed E-state index contributed by atoms with van der Waals surface area (Å²) in [6.07, 6.45) is 2.21. The predicted molar refractivity (Wildman–Crippen MR) is 79.2 cm³/mol. The molecule has 1 rings (SSSR count). The highest BCUT2D eigenvalue weighted by Gasteiger charge is 2.12. The van der Waals surface area contributed by atoms with Crippen LogP contribution in [0.2, 0.25) is 10.0 Å². The van der Waals surface area contributed by atoms with Gasteiger partial charge in [0.1, 0.15) is 5.82 Å². The number of hydrogen-bond donors (Lipinski definition) is 3. The zero-order valence-corrected chi connectivity index (χ0v) is 12.4. The standard InChI is InChI=1S/C12H20Cl2N4/c1-4-7(2)5-8(3)16-11-9(13)6-10(14)12(17-11)18-15/h6-8H,4-5,15H2,1-3H3,(H2,16,17,18). The lowest BCUT2D eigenvalue weighted by Gasteiger charge is -2.19. The first-order chi connectivity index (χ1) is 8.47. The molecule has 0 aromatic carbocycles. The maximum atomic E-state index is 6.09. The van der Waals surface area contributed by atoms with Gasteiger partial charge in [0.05, 0.1) is 10.0 Å². The van der Waals surface area contributed by atoms with Crippen LogP contribution < -0.4 is 16.6 Å². The van der Waals surface area contributed by atoms with Crippen molar-refractivity contribution in [1.82, 2.24) is 4.98 Å². The Labute approximate surface area is 118 Å². The third kappa shape index (κ3) is 4.19. The lowest BCUT2D eigenvalue weighted by molar-refractivity contribution is 0.483.